The van der Waals surface area contributed by atoms with Gasteiger partial charge in [0.1, 0.15) is 11.5 Å². The summed E-state index contributed by atoms with van der Waals surface area (Å²) in [5.41, 5.74) is 1.71. The highest BCUT2D eigenvalue weighted by atomic mass is 35.5. The summed E-state index contributed by atoms with van der Waals surface area (Å²) in [6, 6.07) is 8.14. The van der Waals surface area contributed by atoms with Gasteiger partial charge in [0, 0.05) is 5.02 Å². The van der Waals surface area contributed by atoms with Crippen molar-refractivity contribution < 1.29 is 17.9 Å². The summed E-state index contributed by atoms with van der Waals surface area (Å²) in [6.45, 7) is 5.70. The quantitative estimate of drug-likeness (QED) is 0.792. The van der Waals surface area contributed by atoms with Crippen molar-refractivity contribution in [3.05, 3.63) is 46.5 Å². The van der Waals surface area contributed by atoms with E-state index in [0.717, 1.165) is 5.56 Å². The van der Waals surface area contributed by atoms with Crippen LogP contribution in [0.1, 0.15) is 30.9 Å². The second kappa shape index (κ2) is 7.54. The van der Waals surface area contributed by atoms with Gasteiger partial charge in [-0.25, -0.2) is 8.42 Å². The molecule has 0 aliphatic heterocycles. The summed E-state index contributed by atoms with van der Waals surface area (Å²) >= 11 is 5.98. The Morgan fingerprint density at radius 3 is 2.24 bits per heavy atom. The molecule has 0 fully saturated rings. The van der Waals surface area contributed by atoms with E-state index in [1.54, 1.807) is 38.3 Å². The third-order valence-electron chi connectivity index (χ3n) is 3.84. The minimum Gasteiger partial charge on any atom is -0.496 e. The van der Waals surface area contributed by atoms with Gasteiger partial charge in [-0.3, -0.25) is 4.72 Å². The van der Waals surface area contributed by atoms with Gasteiger partial charge in [0.05, 0.1) is 24.8 Å². The fourth-order valence-electron chi connectivity index (χ4n) is 2.55. The van der Waals surface area contributed by atoms with Crippen molar-refractivity contribution >= 4 is 27.3 Å². The minimum absolute atomic E-state index is 0.116. The topological polar surface area (TPSA) is 64.6 Å². The number of aryl methyl sites for hydroxylation is 1. The number of methoxy groups -OCH3 is 2. The highest BCUT2D eigenvalue weighted by molar-refractivity contribution is 7.92. The number of hydrogen-bond acceptors (Lipinski definition) is 4. The van der Waals surface area contributed by atoms with Crippen LogP contribution in [-0.2, 0) is 10.0 Å². The molecule has 0 unspecified atom stereocenters. The van der Waals surface area contributed by atoms with Gasteiger partial charge in [-0.2, -0.15) is 0 Å². The molecule has 0 saturated heterocycles. The zero-order chi connectivity index (χ0) is 18.8. The van der Waals surface area contributed by atoms with E-state index in [1.165, 1.54) is 13.2 Å². The van der Waals surface area contributed by atoms with Gasteiger partial charge in [0.25, 0.3) is 10.0 Å². The van der Waals surface area contributed by atoms with E-state index in [2.05, 4.69) is 4.72 Å². The van der Waals surface area contributed by atoms with Crippen molar-refractivity contribution in [3.63, 3.8) is 0 Å². The maximum atomic E-state index is 12.9. The number of anilines is 1. The van der Waals surface area contributed by atoms with E-state index >= 15 is 0 Å². The van der Waals surface area contributed by atoms with Crippen molar-refractivity contribution in [1.29, 1.82) is 0 Å². The average molecular weight is 384 g/mol. The molecule has 2 aromatic rings. The first-order valence-corrected chi connectivity index (χ1v) is 9.60. The zero-order valence-corrected chi connectivity index (χ0v) is 16.5. The van der Waals surface area contributed by atoms with Crippen molar-refractivity contribution in [3.8, 4) is 11.5 Å². The van der Waals surface area contributed by atoms with Crippen LogP contribution in [-0.4, -0.2) is 22.6 Å². The van der Waals surface area contributed by atoms with Gasteiger partial charge >= 0.3 is 0 Å². The van der Waals surface area contributed by atoms with Gasteiger partial charge in [-0.1, -0.05) is 25.4 Å². The number of rotatable bonds is 6. The largest absolute Gasteiger partial charge is 0.496 e. The molecule has 7 heteroatoms. The Kier molecular flexibility index (Phi) is 5.85. The molecule has 0 aliphatic rings. The van der Waals surface area contributed by atoms with Crippen LogP contribution in [0.3, 0.4) is 0 Å². The molecule has 25 heavy (non-hydrogen) atoms. The number of sulfonamides is 1. The monoisotopic (exact) mass is 383 g/mol. The molecule has 0 heterocycles. The van der Waals surface area contributed by atoms with E-state index in [-0.39, 0.29) is 16.5 Å². The molecule has 136 valence electrons. The Hall–Kier alpha value is -1.92. The predicted molar refractivity (Wildman–Crippen MR) is 101 cm³/mol. The lowest BCUT2D eigenvalue weighted by atomic mass is 10.0. The minimum atomic E-state index is -3.82. The molecule has 0 bridgehead atoms. The zero-order valence-electron chi connectivity index (χ0n) is 14.9. The SMILES string of the molecule is COc1ccc(Cl)cc1NS(=O)(=O)c1cc(C(C)C)c(OC)cc1C. The van der Waals surface area contributed by atoms with E-state index in [1.807, 2.05) is 13.8 Å². The molecular formula is C18H22ClNO4S. The summed E-state index contributed by atoms with van der Waals surface area (Å²) in [6.07, 6.45) is 0. The van der Waals surface area contributed by atoms with E-state index in [0.29, 0.717) is 22.1 Å². The lowest BCUT2D eigenvalue weighted by molar-refractivity contribution is 0.406. The summed E-state index contributed by atoms with van der Waals surface area (Å²) < 4.78 is 39.0. The molecule has 2 aromatic carbocycles. The molecule has 2 rings (SSSR count). The molecule has 0 spiro atoms. The fraction of sp³-hybridized carbons (Fsp3) is 0.333. The van der Waals surface area contributed by atoms with Gasteiger partial charge in [0.2, 0.25) is 0 Å². The maximum Gasteiger partial charge on any atom is 0.262 e. The van der Waals surface area contributed by atoms with Crippen molar-refractivity contribution in [2.45, 2.75) is 31.6 Å². The second-order valence-corrected chi connectivity index (χ2v) is 8.05. The lowest BCUT2D eigenvalue weighted by Gasteiger charge is -2.18. The Balaban J connectivity index is 2.54. The van der Waals surface area contributed by atoms with E-state index in [4.69, 9.17) is 21.1 Å². The molecular weight excluding hydrogens is 362 g/mol. The summed E-state index contributed by atoms with van der Waals surface area (Å²) in [4.78, 5) is 0.194. The summed E-state index contributed by atoms with van der Waals surface area (Å²) in [7, 11) is -0.776. The normalized spacial score (nSPS) is 11.5. The first-order chi connectivity index (χ1) is 11.7. The standard InChI is InChI=1S/C18H22ClNO4S/c1-11(2)14-10-18(12(3)8-17(14)24-5)25(21,22)20-15-9-13(19)6-7-16(15)23-4/h6-11,20H,1-5H3. The first-order valence-electron chi connectivity index (χ1n) is 7.74. The highest BCUT2D eigenvalue weighted by Crippen LogP contribution is 2.34. The van der Waals surface area contributed by atoms with Gasteiger partial charge < -0.3 is 9.47 Å². The summed E-state index contributed by atoms with van der Waals surface area (Å²) in [5, 5.41) is 0.410. The third kappa shape index (κ3) is 4.19. The first kappa shape index (κ1) is 19.4. The Morgan fingerprint density at radius 2 is 1.68 bits per heavy atom. The summed E-state index contributed by atoms with van der Waals surface area (Å²) in [5.74, 6) is 1.18. The molecule has 0 aromatic heterocycles. The molecule has 0 radical (unpaired) electrons. The van der Waals surface area contributed by atoms with Crippen LogP contribution >= 0.6 is 11.6 Å². The molecule has 0 saturated carbocycles. The lowest BCUT2D eigenvalue weighted by Crippen LogP contribution is -2.16. The molecule has 5 nitrogen and oxygen atoms in total. The van der Waals surface area contributed by atoms with Gasteiger partial charge in [-0.05, 0) is 54.3 Å². The molecule has 1 N–H and O–H groups in total. The second-order valence-electron chi connectivity index (χ2n) is 5.96. The van der Waals surface area contributed by atoms with E-state index < -0.39 is 10.0 Å². The smallest absolute Gasteiger partial charge is 0.262 e. The van der Waals surface area contributed by atoms with Crippen LogP contribution in [0.5, 0.6) is 11.5 Å². The van der Waals surface area contributed by atoms with E-state index in [9.17, 15) is 8.42 Å². The number of ether oxygens (including phenoxy) is 2. The predicted octanol–water partition coefficient (Wildman–Crippen LogP) is 4.59. The molecule has 0 amide bonds. The van der Waals surface area contributed by atoms with Crippen molar-refractivity contribution in [2.24, 2.45) is 0 Å². The highest BCUT2D eigenvalue weighted by Gasteiger charge is 2.22. The van der Waals surface area contributed by atoms with Crippen molar-refractivity contribution in [1.82, 2.24) is 0 Å². The number of halogens is 1. The van der Waals surface area contributed by atoms with Crippen LogP contribution in [0.15, 0.2) is 35.2 Å². The third-order valence-corrected chi connectivity index (χ3v) is 5.59. The molecule has 0 aliphatic carbocycles. The van der Waals surface area contributed by atoms with Crippen molar-refractivity contribution in [2.75, 3.05) is 18.9 Å². The number of nitrogens with one attached hydrogen (secondary N) is 1. The van der Waals surface area contributed by atoms with Crippen LogP contribution in [0, 0.1) is 6.92 Å². The van der Waals surface area contributed by atoms with Gasteiger partial charge in [-0.15, -0.1) is 0 Å². The van der Waals surface area contributed by atoms with Crippen LogP contribution < -0.4 is 14.2 Å². The Bertz CT molecular complexity index is 879. The Labute approximate surface area is 154 Å². The number of hydrogen-bond donors (Lipinski definition) is 1. The molecule has 0 atom stereocenters. The Morgan fingerprint density at radius 1 is 1.04 bits per heavy atom. The average Bonchev–Trinajstić information content (AvgIpc) is 2.53. The fourth-order valence-corrected chi connectivity index (χ4v) is 4.05. The number of benzene rings is 2. The maximum absolute atomic E-state index is 12.9. The van der Waals surface area contributed by atoms with Crippen LogP contribution in [0.4, 0.5) is 5.69 Å². The van der Waals surface area contributed by atoms with Crippen LogP contribution in [0.25, 0.3) is 0 Å². The van der Waals surface area contributed by atoms with Crippen LogP contribution in [0.2, 0.25) is 5.02 Å². The van der Waals surface area contributed by atoms with Gasteiger partial charge in [0.15, 0.2) is 0 Å².